The molecular weight excluding hydrogens is 436 g/mol. The summed E-state index contributed by atoms with van der Waals surface area (Å²) in [5.41, 5.74) is 3.12. The normalized spacial score (nSPS) is 13.3. The minimum Gasteiger partial charge on any atom is -0.329 e. The Hall–Kier alpha value is -3.23. The molecule has 0 bridgehead atoms. The van der Waals surface area contributed by atoms with Crippen LogP contribution < -0.4 is 9.80 Å². The number of sulfonamides is 1. The number of carbonyl (C=O) groups is 1. The smallest absolute Gasteiger partial charge is 0.259 e. The third-order valence-corrected chi connectivity index (χ3v) is 8.06. The third-order valence-electron chi connectivity index (χ3n) is 6.02. The lowest BCUT2D eigenvalue weighted by atomic mass is 10.1. The van der Waals surface area contributed by atoms with Crippen LogP contribution in [0.2, 0.25) is 0 Å². The lowest BCUT2D eigenvalue weighted by Gasteiger charge is -2.21. The molecule has 7 nitrogen and oxygen atoms in total. The van der Waals surface area contributed by atoms with E-state index in [0.717, 1.165) is 22.8 Å². The van der Waals surface area contributed by atoms with Crippen molar-refractivity contribution in [1.82, 2.24) is 9.29 Å². The molecule has 0 N–H and O–H groups in total. The summed E-state index contributed by atoms with van der Waals surface area (Å²) < 4.78 is 27.1. The number of pyridine rings is 1. The third kappa shape index (κ3) is 4.36. The zero-order valence-corrected chi connectivity index (χ0v) is 19.9. The van der Waals surface area contributed by atoms with Gasteiger partial charge in [0.1, 0.15) is 5.82 Å². The van der Waals surface area contributed by atoms with Gasteiger partial charge in [-0.05, 0) is 54.4 Å². The molecule has 0 unspecified atom stereocenters. The van der Waals surface area contributed by atoms with Gasteiger partial charge in [-0.25, -0.2) is 13.4 Å². The predicted molar refractivity (Wildman–Crippen MR) is 131 cm³/mol. The van der Waals surface area contributed by atoms with Crippen LogP contribution in [-0.4, -0.2) is 50.3 Å². The molecule has 2 heterocycles. The maximum Gasteiger partial charge on any atom is 0.259 e. The zero-order chi connectivity index (χ0) is 23.6. The molecule has 0 fully saturated rings. The molecule has 172 valence electrons. The van der Waals surface area contributed by atoms with Crippen LogP contribution in [-0.2, 0) is 16.4 Å². The van der Waals surface area contributed by atoms with Crippen molar-refractivity contribution in [2.24, 2.45) is 0 Å². The highest BCUT2D eigenvalue weighted by Gasteiger charge is 2.29. The largest absolute Gasteiger partial charge is 0.329 e. The molecule has 0 spiro atoms. The lowest BCUT2D eigenvalue weighted by Crippen LogP contribution is -2.31. The zero-order valence-electron chi connectivity index (χ0n) is 19.1. The number of para-hydroxylation sites is 1. The van der Waals surface area contributed by atoms with Gasteiger partial charge in [0, 0.05) is 44.3 Å². The number of hydrogen-bond donors (Lipinski definition) is 0. The van der Waals surface area contributed by atoms with Gasteiger partial charge in [-0.3, -0.25) is 4.79 Å². The molecule has 1 amide bonds. The second-order valence-electron chi connectivity index (χ2n) is 7.89. The summed E-state index contributed by atoms with van der Waals surface area (Å²) in [5.74, 6) is 0.598. The van der Waals surface area contributed by atoms with Crippen LogP contribution in [0.5, 0.6) is 0 Å². The second kappa shape index (κ2) is 9.33. The maximum absolute atomic E-state index is 13.2. The number of carbonyl (C=O) groups excluding carboxylic acids is 1. The van der Waals surface area contributed by atoms with E-state index in [4.69, 9.17) is 0 Å². The highest BCUT2D eigenvalue weighted by atomic mass is 32.2. The first kappa shape index (κ1) is 22.9. The van der Waals surface area contributed by atoms with Crippen molar-refractivity contribution >= 4 is 33.1 Å². The number of anilines is 3. The van der Waals surface area contributed by atoms with Crippen LogP contribution in [0.1, 0.15) is 29.8 Å². The van der Waals surface area contributed by atoms with Crippen molar-refractivity contribution in [2.45, 2.75) is 25.2 Å². The van der Waals surface area contributed by atoms with Gasteiger partial charge in [0.15, 0.2) is 0 Å². The average Bonchev–Trinajstić information content (AvgIpc) is 3.28. The lowest BCUT2D eigenvalue weighted by molar-refractivity contribution is 0.0989. The molecule has 0 aliphatic carbocycles. The molecule has 0 radical (unpaired) electrons. The molecule has 0 saturated carbocycles. The molecule has 0 atom stereocenters. The molecule has 4 rings (SSSR count). The Morgan fingerprint density at radius 2 is 1.76 bits per heavy atom. The van der Waals surface area contributed by atoms with Gasteiger partial charge >= 0.3 is 0 Å². The van der Waals surface area contributed by atoms with Crippen LogP contribution >= 0.6 is 0 Å². The van der Waals surface area contributed by atoms with Crippen molar-refractivity contribution in [3.05, 3.63) is 78.0 Å². The first-order valence-electron chi connectivity index (χ1n) is 11.1. The molecule has 1 aromatic heterocycles. The van der Waals surface area contributed by atoms with Crippen LogP contribution in [0.25, 0.3) is 0 Å². The topological polar surface area (TPSA) is 73.8 Å². The van der Waals surface area contributed by atoms with E-state index >= 15 is 0 Å². The fourth-order valence-electron chi connectivity index (χ4n) is 4.11. The van der Waals surface area contributed by atoms with E-state index in [1.807, 2.05) is 62.2 Å². The van der Waals surface area contributed by atoms with Crippen molar-refractivity contribution in [3.8, 4) is 0 Å². The standard InChI is InChI=1S/C25H28N4O3S/c1-4-28(5-2)33(31,32)22-12-13-23-19(17-22)15-16-29(23)25(30)20-11-14-24(26-18-20)27(3)21-9-7-6-8-10-21/h6-14,17-18H,4-5,15-16H2,1-3H3. The molecule has 0 saturated heterocycles. The van der Waals surface area contributed by atoms with Crippen LogP contribution in [0.3, 0.4) is 0 Å². The first-order chi connectivity index (χ1) is 15.9. The van der Waals surface area contributed by atoms with Crippen molar-refractivity contribution in [2.75, 3.05) is 36.5 Å². The second-order valence-corrected chi connectivity index (χ2v) is 9.82. The van der Waals surface area contributed by atoms with Crippen molar-refractivity contribution in [1.29, 1.82) is 0 Å². The fourth-order valence-corrected chi connectivity index (χ4v) is 5.62. The number of rotatable bonds is 7. The Morgan fingerprint density at radius 1 is 1.03 bits per heavy atom. The summed E-state index contributed by atoms with van der Waals surface area (Å²) >= 11 is 0. The van der Waals surface area contributed by atoms with Crippen molar-refractivity contribution < 1.29 is 13.2 Å². The van der Waals surface area contributed by atoms with Gasteiger partial charge < -0.3 is 9.80 Å². The summed E-state index contributed by atoms with van der Waals surface area (Å²) in [5, 5.41) is 0. The molecule has 1 aliphatic heterocycles. The minimum atomic E-state index is -3.53. The molecular formula is C25H28N4O3S. The van der Waals surface area contributed by atoms with Crippen molar-refractivity contribution in [3.63, 3.8) is 0 Å². The van der Waals surface area contributed by atoms with Gasteiger partial charge in [0.2, 0.25) is 10.0 Å². The van der Waals surface area contributed by atoms with Gasteiger partial charge in [0.05, 0.1) is 10.5 Å². The molecule has 33 heavy (non-hydrogen) atoms. The monoisotopic (exact) mass is 464 g/mol. The van der Waals surface area contributed by atoms with E-state index in [2.05, 4.69) is 4.98 Å². The van der Waals surface area contributed by atoms with Crippen LogP contribution in [0.15, 0.2) is 71.8 Å². The highest BCUT2D eigenvalue weighted by Crippen LogP contribution is 2.32. The number of aromatic nitrogens is 1. The predicted octanol–water partition coefficient (Wildman–Crippen LogP) is 4.08. The van der Waals surface area contributed by atoms with Gasteiger partial charge in [0.25, 0.3) is 5.91 Å². The summed E-state index contributed by atoms with van der Waals surface area (Å²) in [7, 11) is -1.60. The van der Waals surface area contributed by atoms with Gasteiger partial charge in [-0.15, -0.1) is 0 Å². The summed E-state index contributed by atoms with van der Waals surface area (Å²) in [4.78, 5) is 21.6. The van der Waals surface area contributed by atoms with E-state index in [9.17, 15) is 13.2 Å². The number of hydrogen-bond acceptors (Lipinski definition) is 5. The van der Waals surface area contributed by atoms with E-state index in [-0.39, 0.29) is 10.8 Å². The average molecular weight is 465 g/mol. The summed E-state index contributed by atoms with van der Waals surface area (Å²) in [6.07, 6.45) is 2.21. The summed E-state index contributed by atoms with van der Waals surface area (Å²) in [6, 6.07) is 18.5. The Bertz CT molecular complexity index is 1240. The molecule has 3 aromatic rings. The van der Waals surface area contributed by atoms with Gasteiger partial charge in [-0.2, -0.15) is 4.31 Å². The molecule has 1 aliphatic rings. The Labute approximate surface area is 195 Å². The quantitative estimate of drug-likeness (QED) is 0.527. The SMILES string of the molecule is CCN(CC)S(=O)(=O)c1ccc2c(c1)CCN2C(=O)c1ccc(N(C)c2ccccc2)nc1. The Balaban J connectivity index is 1.54. The maximum atomic E-state index is 13.2. The number of amides is 1. The number of fused-ring (bicyclic) bond motifs is 1. The van der Waals surface area contributed by atoms with E-state index < -0.39 is 10.0 Å². The fraction of sp³-hybridized carbons (Fsp3) is 0.280. The molecule has 8 heteroatoms. The molecule has 2 aromatic carbocycles. The Morgan fingerprint density at radius 3 is 2.39 bits per heavy atom. The Kier molecular flexibility index (Phi) is 6.49. The minimum absolute atomic E-state index is 0.144. The van der Waals surface area contributed by atoms with Crippen LogP contribution in [0, 0.1) is 0 Å². The van der Waals surface area contributed by atoms with Crippen LogP contribution in [0.4, 0.5) is 17.2 Å². The highest BCUT2D eigenvalue weighted by molar-refractivity contribution is 7.89. The summed E-state index contributed by atoms with van der Waals surface area (Å²) in [6.45, 7) is 5.00. The van der Waals surface area contributed by atoms with E-state index in [0.29, 0.717) is 31.6 Å². The van der Waals surface area contributed by atoms with E-state index in [1.54, 1.807) is 35.4 Å². The number of nitrogens with zero attached hydrogens (tertiary/aromatic N) is 4. The van der Waals surface area contributed by atoms with Gasteiger partial charge in [-0.1, -0.05) is 32.0 Å². The number of benzene rings is 2. The van der Waals surface area contributed by atoms with E-state index in [1.165, 1.54) is 4.31 Å². The first-order valence-corrected chi connectivity index (χ1v) is 12.5.